The molecule has 0 spiro atoms. The molecule has 0 bridgehead atoms. The van der Waals surface area contributed by atoms with Crippen LogP contribution in [0.1, 0.15) is 45.7 Å². The van der Waals surface area contributed by atoms with Gasteiger partial charge in [0.05, 0.1) is 0 Å². The number of alkyl halides is 3. The molecule has 182 valence electrons. The van der Waals surface area contributed by atoms with Crippen LogP contribution in [0.5, 0.6) is 5.75 Å². The fraction of sp³-hybridized carbons (Fsp3) is 0.346. The zero-order valence-corrected chi connectivity index (χ0v) is 19.2. The number of benzene rings is 2. The summed E-state index contributed by atoms with van der Waals surface area (Å²) in [5.41, 5.74) is 5.66. The normalized spacial score (nSPS) is 10.8. The Kier molecular flexibility index (Phi) is 12.7. The summed E-state index contributed by atoms with van der Waals surface area (Å²) in [5, 5.41) is 2.66. The Morgan fingerprint density at radius 2 is 1.79 bits per heavy atom. The molecule has 0 fully saturated rings. The molecule has 0 aliphatic carbocycles. The van der Waals surface area contributed by atoms with E-state index in [9.17, 15) is 18.0 Å². The predicted molar refractivity (Wildman–Crippen MR) is 131 cm³/mol. The summed E-state index contributed by atoms with van der Waals surface area (Å²) in [5.74, 6) is -0.267. The van der Waals surface area contributed by atoms with Gasteiger partial charge in [0.15, 0.2) is 0 Å². The minimum Gasteiger partial charge on any atom is -0.406 e. The average Bonchev–Trinajstić information content (AvgIpc) is 2.73. The maximum absolute atomic E-state index is 12.4. The number of carbonyl (C=O) groups excluding carboxylic acids is 1. The van der Waals surface area contributed by atoms with Gasteiger partial charge in [-0.1, -0.05) is 38.1 Å². The van der Waals surface area contributed by atoms with Crippen LogP contribution in [0.2, 0.25) is 0 Å². The topological polar surface area (TPSA) is 41.6 Å². The third kappa shape index (κ3) is 9.85. The number of rotatable bonds is 8. The van der Waals surface area contributed by atoms with Gasteiger partial charge in [-0.05, 0) is 73.7 Å². The number of amides is 1. The maximum Gasteiger partial charge on any atom is 0.573 e. The Labute approximate surface area is 195 Å². The summed E-state index contributed by atoms with van der Waals surface area (Å²) < 4.78 is 41.2. The summed E-state index contributed by atoms with van der Waals surface area (Å²) in [6.07, 6.45) is 0.622. The van der Waals surface area contributed by atoms with Crippen molar-refractivity contribution in [3.05, 3.63) is 72.0 Å². The number of hydrogen-bond donors (Lipinski definition) is 1. The van der Waals surface area contributed by atoms with Crippen molar-refractivity contribution in [2.75, 3.05) is 11.9 Å². The fourth-order valence-electron chi connectivity index (χ4n) is 3.01. The largest absolute Gasteiger partial charge is 0.573 e. The van der Waals surface area contributed by atoms with E-state index in [0.717, 1.165) is 34.4 Å². The molecule has 2 aromatic carbocycles. The molecule has 2 rings (SSSR count). The second-order valence-electron chi connectivity index (χ2n) is 7.21. The van der Waals surface area contributed by atoms with E-state index in [1.54, 1.807) is 18.2 Å². The van der Waals surface area contributed by atoms with Crippen LogP contribution in [0.25, 0.3) is 11.1 Å². The highest BCUT2D eigenvalue weighted by atomic mass is 19.4. The highest BCUT2D eigenvalue weighted by Gasteiger charge is 2.31. The van der Waals surface area contributed by atoms with E-state index in [1.165, 1.54) is 17.7 Å². The molecule has 2 aromatic rings. The minimum atomic E-state index is -4.72. The van der Waals surface area contributed by atoms with Gasteiger partial charge in [-0.3, -0.25) is 4.79 Å². The molecule has 0 aliphatic rings. The van der Waals surface area contributed by atoms with Gasteiger partial charge < -0.3 is 15.0 Å². The Hall–Kier alpha value is -3.22. The summed E-state index contributed by atoms with van der Waals surface area (Å²) in [7, 11) is 1.95. The molecule has 0 radical (unpaired) electrons. The van der Waals surface area contributed by atoms with Crippen molar-refractivity contribution >= 4 is 12.1 Å². The van der Waals surface area contributed by atoms with Gasteiger partial charge in [0.1, 0.15) is 5.75 Å². The van der Waals surface area contributed by atoms with E-state index < -0.39 is 6.36 Å². The van der Waals surface area contributed by atoms with Crippen molar-refractivity contribution in [3.8, 4) is 16.9 Å². The molecule has 0 atom stereocenters. The van der Waals surface area contributed by atoms with Gasteiger partial charge in [-0.2, -0.15) is 0 Å². The van der Waals surface area contributed by atoms with Gasteiger partial charge in [0, 0.05) is 25.5 Å². The van der Waals surface area contributed by atoms with Crippen molar-refractivity contribution in [1.29, 1.82) is 0 Å². The van der Waals surface area contributed by atoms with Crippen molar-refractivity contribution in [1.82, 2.24) is 5.32 Å². The van der Waals surface area contributed by atoms with Crippen molar-refractivity contribution < 1.29 is 22.7 Å². The molecule has 1 amide bonds. The molecule has 33 heavy (non-hydrogen) atoms. The lowest BCUT2D eigenvalue weighted by Gasteiger charge is -2.22. The summed E-state index contributed by atoms with van der Waals surface area (Å²) in [6.45, 7) is 11.7. The number of hydrogen-bond acceptors (Lipinski definition) is 3. The van der Waals surface area contributed by atoms with Crippen LogP contribution in [0, 0.1) is 6.92 Å². The third-order valence-corrected chi connectivity index (χ3v) is 4.58. The van der Waals surface area contributed by atoms with Crippen LogP contribution >= 0.6 is 0 Å². The lowest BCUT2D eigenvalue weighted by atomic mass is 9.95. The van der Waals surface area contributed by atoms with Crippen molar-refractivity contribution in [2.24, 2.45) is 0 Å². The SMILES string of the molecule is C.C=CC.CC/C(C)=C/N(C)c1cc(CNC=O)cc(-c2ccc(OC(F)(F)F)cc2)c1C. The number of nitrogens with zero attached hydrogens (tertiary/aromatic N) is 1. The summed E-state index contributed by atoms with van der Waals surface area (Å²) in [6, 6.07) is 9.70. The monoisotopic (exact) mass is 464 g/mol. The Morgan fingerprint density at radius 1 is 1.21 bits per heavy atom. The van der Waals surface area contributed by atoms with Crippen LogP contribution in [-0.2, 0) is 11.3 Å². The quantitative estimate of drug-likeness (QED) is 0.327. The van der Waals surface area contributed by atoms with E-state index in [-0.39, 0.29) is 13.2 Å². The first-order chi connectivity index (χ1) is 15.1. The number of anilines is 1. The minimum absolute atomic E-state index is 0. The molecule has 0 aromatic heterocycles. The Bertz CT molecular complexity index is 920. The second kappa shape index (κ2) is 14.0. The molecule has 7 heteroatoms. The van der Waals surface area contributed by atoms with E-state index in [0.29, 0.717) is 13.0 Å². The maximum atomic E-state index is 12.4. The van der Waals surface area contributed by atoms with E-state index >= 15 is 0 Å². The molecule has 0 unspecified atom stereocenters. The van der Waals surface area contributed by atoms with Gasteiger partial charge >= 0.3 is 6.36 Å². The molecule has 1 N–H and O–H groups in total. The Balaban J connectivity index is 0.00000242. The standard InChI is InChI=1S/C22H25F3N2O2.C3H6.CH4/c1-5-15(2)13-27(4)21-11-17(12-26-14-28)10-20(16(21)3)18-6-8-19(9-7-18)29-22(23,24)25;1-3-2;/h6-11,13-14H,5,12H2,1-4H3,(H,26,28);3H,1H2,2H3;1H4/b15-13+;;. The third-order valence-electron chi connectivity index (χ3n) is 4.58. The highest BCUT2D eigenvalue weighted by Crippen LogP contribution is 2.34. The van der Waals surface area contributed by atoms with Crippen LogP contribution in [0.15, 0.2) is 60.8 Å². The van der Waals surface area contributed by atoms with Crippen LogP contribution in [0.4, 0.5) is 18.9 Å². The summed E-state index contributed by atoms with van der Waals surface area (Å²) >= 11 is 0. The molecular weight excluding hydrogens is 429 g/mol. The molecule has 0 aliphatic heterocycles. The smallest absolute Gasteiger partial charge is 0.406 e. The molecule has 4 nitrogen and oxygen atoms in total. The highest BCUT2D eigenvalue weighted by molar-refractivity contribution is 5.76. The molecule has 0 saturated carbocycles. The van der Waals surface area contributed by atoms with Crippen LogP contribution in [0.3, 0.4) is 0 Å². The zero-order valence-electron chi connectivity index (χ0n) is 19.2. The van der Waals surface area contributed by atoms with E-state index in [1.807, 2.05) is 51.1 Å². The number of allylic oxidation sites excluding steroid dienone is 2. The lowest BCUT2D eigenvalue weighted by Crippen LogP contribution is -2.17. The van der Waals surface area contributed by atoms with E-state index in [2.05, 4.69) is 23.6 Å². The van der Waals surface area contributed by atoms with Gasteiger partial charge in [-0.25, -0.2) is 0 Å². The van der Waals surface area contributed by atoms with Crippen LogP contribution in [-0.4, -0.2) is 19.8 Å². The first-order valence-corrected chi connectivity index (χ1v) is 10.2. The zero-order chi connectivity index (χ0) is 24.3. The number of nitrogens with one attached hydrogen (secondary N) is 1. The second-order valence-corrected chi connectivity index (χ2v) is 7.21. The number of ether oxygens (including phenoxy) is 1. The van der Waals surface area contributed by atoms with Crippen molar-refractivity contribution in [2.45, 2.75) is 54.4 Å². The number of halogens is 3. The first-order valence-electron chi connectivity index (χ1n) is 10.2. The molecular formula is C26H35F3N2O2. The van der Waals surface area contributed by atoms with Crippen LogP contribution < -0.4 is 15.0 Å². The van der Waals surface area contributed by atoms with Crippen molar-refractivity contribution in [3.63, 3.8) is 0 Å². The van der Waals surface area contributed by atoms with Gasteiger partial charge in [0.25, 0.3) is 0 Å². The molecule has 0 saturated heterocycles. The molecule has 0 heterocycles. The van der Waals surface area contributed by atoms with Gasteiger partial charge in [0.2, 0.25) is 6.41 Å². The van der Waals surface area contributed by atoms with Gasteiger partial charge in [-0.15, -0.1) is 19.8 Å². The lowest BCUT2D eigenvalue weighted by molar-refractivity contribution is -0.274. The van der Waals surface area contributed by atoms with E-state index in [4.69, 9.17) is 0 Å². The predicted octanol–water partition coefficient (Wildman–Crippen LogP) is 7.39. The Morgan fingerprint density at radius 3 is 2.27 bits per heavy atom. The fourth-order valence-corrected chi connectivity index (χ4v) is 3.01. The first kappa shape index (κ1) is 29.8. The number of carbonyl (C=O) groups is 1. The average molecular weight is 465 g/mol. The summed E-state index contributed by atoms with van der Waals surface area (Å²) in [4.78, 5) is 12.7.